The average Bonchev–Trinajstić information content (AvgIpc) is 3.27. The van der Waals surface area contributed by atoms with Gasteiger partial charge in [0.05, 0.1) is 23.5 Å². The number of nitrogens with zero attached hydrogens (tertiary/aromatic N) is 2. The number of aromatic nitrogens is 1. The molecule has 2 heterocycles. The van der Waals surface area contributed by atoms with Gasteiger partial charge >= 0.3 is 0 Å². The highest BCUT2D eigenvalue weighted by Gasteiger charge is 2.30. The van der Waals surface area contributed by atoms with Crippen LogP contribution in [0, 0.1) is 5.92 Å². The largest absolute Gasteiger partial charge is 0.481 e. The standard InChI is InChI=1S/C16H17ClN4O/c1-22-16-12(3-2-8-18-16)11-6-7-13-15(14(11)17)19-20-21(13)9-10-4-5-10/h2-3,6-8,10,19-20H,4-5,9H2,1H3. The lowest BCUT2D eigenvalue weighted by Crippen LogP contribution is -2.37. The van der Waals surface area contributed by atoms with E-state index in [1.807, 2.05) is 18.2 Å². The van der Waals surface area contributed by atoms with Gasteiger partial charge in [-0.25, -0.2) is 4.98 Å². The Balaban J connectivity index is 1.74. The highest BCUT2D eigenvalue weighted by molar-refractivity contribution is 6.37. The van der Waals surface area contributed by atoms with Gasteiger partial charge < -0.3 is 10.2 Å². The second kappa shape index (κ2) is 5.34. The number of hydrazine groups is 2. The highest BCUT2D eigenvalue weighted by Crippen LogP contribution is 2.44. The Morgan fingerprint density at radius 3 is 2.95 bits per heavy atom. The monoisotopic (exact) mass is 316 g/mol. The molecule has 2 aliphatic rings. The fourth-order valence-electron chi connectivity index (χ4n) is 2.76. The minimum Gasteiger partial charge on any atom is -0.481 e. The number of hydrogen-bond acceptors (Lipinski definition) is 5. The molecule has 0 amide bonds. The molecule has 0 spiro atoms. The minimum atomic E-state index is 0.574. The van der Waals surface area contributed by atoms with Crippen LogP contribution in [0.4, 0.5) is 11.4 Å². The molecule has 1 aliphatic heterocycles. The fraction of sp³-hybridized carbons (Fsp3) is 0.312. The summed E-state index contributed by atoms with van der Waals surface area (Å²) in [5.41, 5.74) is 10.2. The van der Waals surface area contributed by atoms with Crippen LogP contribution in [-0.2, 0) is 0 Å². The summed E-state index contributed by atoms with van der Waals surface area (Å²) in [6.45, 7) is 1.01. The van der Waals surface area contributed by atoms with E-state index in [2.05, 4.69) is 27.0 Å². The second-order valence-electron chi connectivity index (χ2n) is 5.67. The first-order valence-corrected chi connectivity index (χ1v) is 7.77. The zero-order valence-electron chi connectivity index (χ0n) is 12.3. The van der Waals surface area contributed by atoms with Crippen LogP contribution < -0.4 is 20.7 Å². The Hall–Kier alpha value is -1.98. The Morgan fingerprint density at radius 2 is 2.18 bits per heavy atom. The molecular weight excluding hydrogens is 300 g/mol. The molecule has 5 nitrogen and oxygen atoms in total. The van der Waals surface area contributed by atoms with Crippen molar-refractivity contribution in [2.75, 3.05) is 24.1 Å². The SMILES string of the molecule is COc1ncccc1-c1ccc2c(c1Cl)NNN2CC1CC1. The molecule has 114 valence electrons. The average molecular weight is 317 g/mol. The quantitative estimate of drug-likeness (QED) is 0.904. The third kappa shape index (κ3) is 2.26. The summed E-state index contributed by atoms with van der Waals surface area (Å²) in [6, 6.07) is 7.95. The lowest BCUT2D eigenvalue weighted by molar-refractivity contribution is 0.399. The van der Waals surface area contributed by atoms with Gasteiger partial charge in [0, 0.05) is 23.9 Å². The van der Waals surface area contributed by atoms with Crippen LogP contribution >= 0.6 is 11.6 Å². The van der Waals surface area contributed by atoms with E-state index in [9.17, 15) is 0 Å². The number of halogens is 1. The number of nitrogens with one attached hydrogen (secondary N) is 2. The Bertz CT molecular complexity index is 717. The molecular formula is C16H17ClN4O. The normalized spacial score (nSPS) is 16.4. The summed E-state index contributed by atoms with van der Waals surface area (Å²) in [5.74, 6) is 1.36. The number of rotatable bonds is 4. The van der Waals surface area contributed by atoms with Crippen molar-refractivity contribution in [1.29, 1.82) is 0 Å². The summed E-state index contributed by atoms with van der Waals surface area (Å²) in [5, 5.41) is 2.80. The molecule has 0 radical (unpaired) electrons. The lowest BCUT2D eigenvalue weighted by Gasteiger charge is -2.17. The van der Waals surface area contributed by atoms with Crippen LogP contribution in [-0.4, -0.2) is 18.6 Å². The van der Waals surface area contributed by atoms with Crippen LogP contribution in [0.5, 0.6) is 5.88 Å². The molecule has 0 bridgehead atoms. The fourth-order valence-corrected chi connectivity index (χ4v) is 3.07. The number of pyridine rings is 1. The predicted octanol–water partition coefficient (Wildman–Crippen LogP) is 3.47. The molecule has 22 heavy (non-hydrogen) atoms. The molecule has 1 saturated carbocycles. The number of ether oxygens (including phenoxy) is 1. The van der Waals surface area contributed by atoms with Crippen LogP contribution in [0.3, 0.4) is 0 Å². The number of hydrogen-bond donors (Lipinski definition) is 2. The van der Waals surface area contributed by atoms with Gasteiger partial charge in [-0.3, -0.25) is 5.01 Å². The van der Waals surface area contributed by atoms with Crippen molar-refractivity contribution in [3.05, 3.63) is 35.5 Å². The number of methoxy groups -OCH3 is 1. The van der Waals surface area contributed by atoms with Crippen LogP contribution in [0.25, 0.3) is 11.1 Å². The van der Waals surface area contributed by atoms with Crippen LogP contribution in [0.1, 0.15) is 12.8 Å². The van der Waals surface area contributed by atoms with Crippen molar-refractivity contribution >= 4 is 23.0 Å². The third-order valence-electron chi connectivity index (χ3n) is 4.12. The maximum absolute atomic E-state index is 6.62. The summed E-state index contributed by atoms with van der Waals surface area (Å²) in [7, 11) is 1.62. The molecule has 2 N–H and O–H groups in total. The van der Waals surface area contributed by atoms with Crippen molar-refractivity contribution < 1.29 is 4.74 Å². The van der Waals surface area contributed by atoms with Gasteiger partial charge in [-0.2, -0.15) is 0 Å². The van der Waals surface area contributed by atoms with E-state index in [-0.39, 0.29) is 0 Å². The zero-order chi connectivity index (χ0) is 15.1. The maximum Gasteiger partial charge on any atom is 0.221 e. The molecule has 0 atom stereocenters. The summed E-state index contributed by atoms with van der Waals surface area (Å²) < 4.78 is 5.34. The van der Waals surface area contributed by atoms with Gasteiger partial charge in [-0.05, 0) is 37.0 Å². The first kappa shape index (κ1) is 13.7. The number of benzene rings is 1. The molecule has 1 aromatic carbocycles. The topological polar surface area (TPSA) is 49.4 Å². The van der Waals surface area contributed by atoms with Crippen LogP contribution in [0.2, 0.25) is 5.02 Å². The smallest absolute Gasteiger partial charge is 0.221 e. The van der Waals surface area contributed by atoms with Crippen molar-refractivity contribution in [1.82, 2.24) is 10.5 Å². The van der Waals surface area contributed by atoms with Crippen molar-refractivity contribution in [2.45, 2.75) is 12.8 Å². The van der Waals surface area contributed by atoms with E-state index in [1.54, 1.807) is 13.3 Å². The summed E-state index contributed by atoms with van der Waals surface area (Å²) in [4.78, 5) is 4.24. The van der Waals surface area contributed by atoms with Gasteiger partial charge in [0.1, 0.15) is 0 Å². The Morgan fingerprint density at radius 1 is 1.32 bits per heavy atom. The molecule has 2 aromatic rings. The van der Waals surface area contributed by atoms with E-state index in [0.29, 0.717) is 10.9 Å². The zero-order valence-corrected chi connectivity index (χ0v) is 13.0. The third-order valence-corrected chi connectivity index (χ3v) is 4.51. The Kier molecular flexibility index (Phi) is 3.32. The van der Waals surface area contributed by atoms with Crippen molar-refractivity contribution in [3.63, 3.8) is 0 Å². The van der Waals surface area contributed by atoms with Gasteiger partial charge in [0.15, 0.2) is 0 Å². The first-order chi connectivity index (χ1) is 10.8. The van der Waals surface area contributed by atoms with E-state index >= 15 is 0 Å². The maximum atomic E-state index is 6.62. The van der Waals surface area contributed by atoms with E-state index in [4.69, 9.17) is 16.3 Å². The van der Waals surface area contributed by atoms with Crippen molar-refractivity contribution in [2.24, 2.45) is 5.92 Å². The molecule has 1 aliphatic carbocycles. The van der Waals surface area contributed by atoms with Gasteiger partial charge in [-0.1, -0.05) is 17.7 Å². The summed E-state index contributed by atoms with van der Waals surface area (Å²) >= 11 is 6.62. The van der Waals surface area contributed by atoms with E-state index in [1.165, 1.54) is 12.8 Å². The molecule has 1 aromatic heterocycles. The second-order valence-corrected chi connectivity index (χ2v) is 6.05. The molecule has 0 saturated heterocycles. The number of anilines is 2. The summed E-state index contributed by atoms with van der Waals surface area (Å²) in [6.07, 6.45) is 4.33. The minimum absolute atomic E-state index is 0.574. The molecule has 6 heteroatoms. The first-order valence-electron chi connectivity index (χ1n) is 7.39. The van der Waals surface area contributed by atoms with Crippen LogP contribution in [0.15, 0.2) is 30.5 Å². The van der Waals surface area contributed by atoms with E-state index in [0.717, 1.165) is 35.0 Å². The van der Waals surface area contributed by atoms with Gasteiger partial charge in [0.25, 0.3) is 0 Å². The van der Waals surface area contributed by atoms with Crippen molar-refractivity contribution in [3.8, 4) is 17.0 Å². The predicted molar refractivity (Wildman–Crippen MR) is 88.1 cm³/mol. The van der Waals surface area contributed by atoms with Gasteiger partial charge in [-0.15, -0.1) is 5.53 Å². The lowest BCUT2D eigenvalue weighted by atomic mass is 10.1. The molecule has 4 rings (SSSR count). The van der Waals surface area contributed by atoms with Gasteiger partial charge in [0.2, 0.25) is 5.88 Å². The Labute approximate surface area is 134 Å². The highest BCUT2D eigenvalue weighted by atomic mass is 35.5. The molecule has 1 fully saturated rings. The molecule has 0 unspecified atom stereocenters. The van der Waals surface area contributed by atoms with E-state index < -0.39 is 0 Å². The number of fused-ring (bicyclic) bond motifs is 1.